The normalized spacial score (nSPS) is 10.6. The predicted octanol–water partition coefficient (Wildman–Crippen LogP) is 3.90. The van der Waals surface area contributed by atoms with Gasteiger partial charge in [-0.05, 0) is 37.5 Å². The van der Waals surface area contributed by atoms with E-state index in [0.717, 1.165) is 13.1 Å². The van der Waals surface area contributed by atoms with Crippen LogP contribution in [-0.4, -0.2) is 0 Å². The third kappa shape index (κ3) is 3.44. The van der Waals surface area contributed by atoms with Crippen LogP contribution < -0.4 is 5.32 Å². The van der Waals surface area contributed by atoms with Gasteiger partial charge in [-0.1, -0.05) is 53.6 Å². The quantitative estimate of drug-likeness (QED) is 0.853. The second-order valence-electron chi connectivity index (χ2n) is 5.02. The first kappa shape index (κ1) is 12.8. The Bertz CT molecular complexity index is 512. The van der Waals surface area contributed by atoms with Gasteiger partial charge >= 0.3 is 0 Å². The van der Waals surface area contributed by atoms with Crippen molar-refractivity contribution in [2.24, 2.45) is 0 Å². The van der Waals surface area contributed by atoms with E-state index in [-0.39, 0.29) is 0 Å². The van der Waals surface area contributed by atoms with E-state index in [2.05, 4.69) is 68.6 Å². The smallest absolute Gasteiger partial charge is 0.0211 e. The number of nitrogens with one attached hydrogen (secondary N) is 1. The van der Waals surface area contributed by atoms with Crippen LogP contribution in [0.4, 0.5) is 0 Å². The molecule has 0 unspecified atom stereocenters. The van der Waals surface area contributed by atoms with Crippen molar-refractivity contribution in [1.29, 1.82) is 0 Å². The van der Waals surface area contributed by atoms with Crippen molar-refractivity contribution in [3.63, 3.8) is 0 Å². The van der Waals surface area contributed by atoms with Gasteiger partial charge < -0.3 is 5.32 Å². The van der Waals surface area contributed by atoms with Gasteiger partial charge in [0.1, 0.15) is 0 Å². The molecule has 0 atom stereocenters. The van der Waals surface area contributed by atoms with Crippen molar-refractivity contribution in [3.8, 4) is 0 Å². The molecule has 18 heavy (non-hydrogen) atoms. The number of hydrogen-bond acceptors (Lipinski definition) is 1. The summed E-state index contributed by atoms with van der Waals surface area (Å²) >= 11 is 0. The molecule has 0 amide bonds. The largest absolute Gasteiger partial charge is 0.309 e. The zero-order valence-electron chi connectivity index (χ0n) is 11.5. The number of benzene rings is 2. The molecule has 2 aromatic rings. The van der Waals surface area contributed by atoms with Crippen molar-refractivity contribution in [1.82, 2.24) is 5.32 Å². The number of aryl methyl sites for hydroxylation is 3. The predicted molar refractivity (Wildman–Crippen MR) is 77.6 cm³/mol. The van der Waals surface area contributed by atoms with Crippen LogP contribution in [0.25, 0.3) is 0 Å². The first-order valence-corrected chi connectivity index (χ1v) is 6.47. The molecule has 0 aliphatic carbocycles. The lowest BCUT2D eigenvalue weighted by Crippen LogP contribution is -2.13. The van der Waals surface area contributed by atoms with E-state index in [9.17, 15) is 0 Å². The maximum Gasteiger partial charge on any atom is 0.0211 e. The molecule has 0 aliphatic heterocycles. The van der Waals surface area contributed by atoms with Crippen LogP contribution in [0.5, 0.6) is 0 Å². The first-order valence-electron chi connectivity index (χ1n) is 6.47. The van der Waals surface area contributed by atoms with Gasteiger partial charge in [0.2, 0.25) is 0 Å². The average molecular weight is 239 g/mol. The lowest BCUT2D eigenvalue weighted by Gasteiger charge is -2.09. The molecular formula is C17H21N. The minimum absolute atomic E-state index is 0.924. The summed E-state index contributed by atoms with van der Waals surface area (Å²) in [6.45, 7) is 8.28. The van der Waals surface area contributed by atoms with Gasteiger partial charge in [0.25, 0.3) is 0 Å². The lowest BCUT2D eigenvalue weighted by atomic mass is 10.1. The third-order valence-corrected chi connectivity index (χ3v) is 3.26. The Labute approximate surface area is 110 Å². The van der Waals surface area contributed by atoms with Crippen LogP contribution in [-0.2, 0) is 13.1 Å². The first-order chi connectivity index (χ1) is 8.65. The molecule has 0 saturated heterocycles. The molecule has 0 aromatic heterocycles. The Hall–Kier alpha value is -1.60. The summed E-state index contributed by atoms with van der Waals surface area (Å²) in [6.07, 6.45) is 0. The minimum Gasteiger partial charge on any atom is -0.309 e. The Morgan fingerprint density at radius 2 is 1.44 bits per heavy atom. The van der Waals surface area contributed by atoms with Gasteiger partial charge in [-0.15, -0.1) is 0 Å². The van der Waals surface area contributed by atoms with Crippen LogP contribution in [0.1, 0.15) is 27.8 Å². The highest BCUT2D eigenvalue weighted by Gasteiger charge is 1.98. The molecule has 0 spiro atoms. The molecule has 1 nitrogen and oxygen atoms in total. The molecule has 0 heterocycles. The van der Waals surface area contributed by atoms with E-state index < -0.39 is 0 Å². The zero-order chi connectivity index (χ0) is 13.0. The van der Waals surface area contributed by atoms with Crippen LogP contribution in [0.3, 0.4) is 0 Å². The second-order valence-corrected chi connectivity index (χ2v) is 5.02. The molecule has 0 aliphatic rings. The van der Waals surface area contributed by atoms with E-state index >= 15 is 0 Å². The summed E-state index contributed by atoms with van der Waals surface area (Å²) in [7, 11) is 0. The third-order valence-electron chi connectivity index (χ3n) is 3.26. The summed E-state index contributed by atoms with van der Waals surface area (Å²) in [5.41, 5.74) is 6.73. The van der Waals surface area contributed by atoms with Gasteiger partial charge in [-0.3, -0.25) is 0 Å². The Morgan fingerprint density at radius 1 is 0.778 bits per heavy atom. The molecule has 2 aromatic carbocycles. The summed E-state index contributed by atoms with van der Waals surface area (Å²) in [4.78, 5) is 0. The fourth-order valence-corrected chi connectivity index (χ4v) is 2.09. The van der Waals surface area contributed by atoms with Crippen molar-refractivity contribution in [2.75, 3.05) is 0 Å². The Morgan fingerprint density at radius 3 is 2.11 bits per heavy atom. The Kier molecular flexibility index (Phi) is 4.16. The Balaban J connectivity index is 1.90. The monoisotopic (exact) mass is 239 g/mol. The van der Waals surface area contributed by atoms with E-state index in [1.165, 1.54) is 27.8 Å². The summed E-state index contributed by atoms with van der Waals surface area (Å²) in [6, 6.07) is 15.3. The van der Waals surface area contributed by atoms with Gasteiger partial charge in [0.15, 0.2) is 0 Å². The molecule has 1 heteroatoms. The van der Waals surface area contributed by atoms with Crippen LogP contribution >= 0.6 is 0 Å². The van der Waals surface area contributed by atoms with Crippen LogP contribution in [0.2, 0.25) is 0 Å². The van der Waals surface area contributed by atoms with Crippen molar-refractivity contribution in [2.45, 2.75) is 33.9 Å². The molecule has 0 bridgehead atoms. The highest BCUT2D eigenvalue weighted by Crippen LogP contribution is 2.10. The highest BCUT2D eigenvalue weighted by atomic mass is 14.8. The minimum atomic E-state index is 0.924. The second kappa shape index (κ2) is 5.83. The number of rotatable bonds is 4. The maximum atomic E-state index is 3.50. The standard InChI is InChI=1S/C17H21N/c1-13-4-7-16(8-5-13)11-18-12-17-9-6-14(2)10-15(17)3/h4-10,18H,11-12H2,1-3H3. The molecule has 0 radical (unpaired) electrons. The SMILES string of the molecule is Cc1ccc(CNCc2ccc(C)cc2C)cc1. The average Bonchev–Trinajstić information content (AvgIpc) is 2.34. The van der Waals surface area contributed by atoms with Gasteiger partial charge in [-0.25, -0.2) is 0 Å². The van der Waals surface area contributed by atoms with Crippen molar-refractivity contribution >= 4 is 0 Å². The van der Waals surface area contributed by atoms with Crippen LogP contribution in [0, 0.1) is 20.8 Å². The summed E-state index contributed by atoms with van der Waals surface area (Å²) < 4.78 is 0. The number of hydrogen-bond donors (Lipinski definition) is 1. The van der Waals surface area contributed by atoms with E-state index in [0.29, 0.717) is 0 Å². The van der Waals surface area contributed by atoms with E-state index in [1.807, 2.05) is 0 Å². The van der Waals surface area contributed by atoms with Gasteiger partial charge in [0, 0.05) is 13.1 Å². The van der Waals surface area contributed by atoms with Crippen molar-refractivity contribution in [3.05, 3.63) is 70.3 Å². The molecule has 1 N–H and O–H groups in total. The molecule has 94 valence electrons. The van der Waals surface area contributed by atoms with Crippen molar-refractivity contribution < 1.29 is 0 Å². The highest BCUT2D eigenvalue weighted by molar-refractivity contribution is 5.30. The molecule has 0 saturated carbocycles. The van der Waals surface area contributed by atoms with Gasteiger partial charge in [0.05, 0.1) is 0 Å². The summed E-state index contributed by atoms with van der Waals surface area (Å²) in [5, 5.41) is 3.50. The van der Waals surface area contributed by atoms with E-state index in [1.54, 1.807) is 0 Å². The fraction of sp³-hybridized carbons (Fsp3) is 0.294. The van der Waals surface area contributed by atoms with Gasteiger partial charge in [-0.2, -0.15) is 0 Å². The molecule has 2 rings (SSSR count). The lowest BCUT2D eigenvalue weighted by molar-refractivity contribution is 0.690. The molecular weight excluding hydrogens is 218 g/mol. The van der Waals surface area contributed by atoms with Crippen LogP contribution in [0.15, 0.2) is 42.5 Å². The summed E-state index contributed by atoms with van der Waals surface area (Å²) in [5.74, 6) is 0. The zero-order valence-corrected chi connectivity index (χ0v) is 11.5. The molecule has 0 fully saturated rings. The fourth-order valence-electron chi connectivity index (χ4n) is 2.09. The topological polar surface area (TPSA) is 12.0 Å². The maximum absolute atomic E-state index is 3.50. The van der Waals surface area contributed by atoms with E-state index in [4.69, 9.17) is 0 Å².